The molecule has 1 saturated carbocycles. The van der Waals surface area contributed by atoms with E-state index in [-0.39, 0.29) is 5.82 Å². The molecule has 1 aliphatic rings. The summed E-state index contributed by atoms with van der Waals surface area (Å²) in [5.41, 5.74) is 1.14. The lowest BCUT2D eigenvalue weighted by atomic mass is 9.76. The third-order valence-corrected chi connectivity index (χ3v) is 5.07. The largest absolute Gasteiger partial charge is 0.361 e. The quantitative estimate of drug-likeness (QED) is 0.870. The smallest absolute Gasteiger partial charge is 0.183 e. The lowest BCUT2D eigenvalue weighted by Gasteiger charge is -2.33. The third-order valence-electron chi connectivity index (χ3n) is 4.08. The van der Waals surface area contributed by atoms with Crippen molar-refractivity contribution < 1.29 is 4.39 Å². The minimum Gasteiger partial charge on any atom is -0.361 e. The molecule has 0 aliphatic heterocycles. The van der Waals surface area contributed by atoms with Gasteiger partial charge in [0.15, 0.2) is 5.13 Å². The summed E-state index contributed by atoms with van der Waals surface area (Å²) < 4.78 is 14.2. The zero-order valence-corrected chi connectivity index (χ0v) is 12.0. The van der Waals surface area contributed by atoms with Crippen LogP contribution in [-0.4, -0.2) is 11.5 Å². The molecule has 0 saturated heterocycles. The van der Waals surface area contributed by atoms with Gasteiger partial charge in [-0.15, -0.1) is 0 Å². The maximum atomic E-state index is 13.1. The summed E-state index contributed by atoms with van der Waals surface area (Å²) in [4.78, 5) is 4.46. The van der Waals surface area contributed by atoms with Crippen molar-refractivity contribution in [3.05, 3.63) is 24.0 Å². The molecule has 0 radical (unpaired) electrons. The van der Waals surface area contributed by atoms with Crippen LogP contribution in [0, 0.1) is 11.2 Å². The number of halogens is 1. The van der Waals surface area contributed by atoms with Crippen LogP contribution in [0.15, 0.2) is 18.2 Å². The average Bonchev–Trinajstić information content (AvgIpc) is 2.79. The van der Waals surface area contributed by atoms with Crippen molar-refractivity contribution in [1.82, 2.24) is 4.98 Å². The summed E-state index contributed by atoms with van der Waals surface area (Å²) in [7, 11) is 0. The summed E-state index contributed by atoms with van der Waals surface area (Å²) in [5.74, 6) is -0.219. The molecular formula is C15H19FN2S. The number of fused-ring (bicyclic) bond motifs is 1. The molecule has 0 bridgehead atoms. The molecule has 0 spiro atoms. The van der Waals surface area contributed by atoms with Gasteiger partial charge >= 0.3 is 0 Å². The zero-order valence-electron chi connectivity index (χ0n) is 11.2. The molecule has 0 unspecified atom stereocenters. The van der Waals surface area contributed by atoms with E-state index in [0.717, 1.165) is 21.9 Å². The molecule has 19 heavy (non-hydrogen) atoms. The Kier molecular flexibility index (Phi) is 3.44. The number of thiazole rings is 1. The fourth-order valence-corrected chi connectivity index (χ4v) is 3.69. The van der Waals surface area contributed by atoms with Gasteiger partial charge in [0.1, 0.15) is 5.82 Å². The van der Waals surface area contributed by atoms with Crippen molar-refractivity contribution in [1.29, 1.82) is 0 Å². The lowest BCUT2D eigenvalue weighted by Crippen LogP contribution is -2.28. The van der Waals surface area contributed by atoms with Crippen molar-refractivity contribution in [2.24, 2.45) is 5.41 Å². The Labute approximate surface area is 117 Å². The normalized spacial score (nSPS) is 18.6. The van der Waals surface area contributed by atoms with Crippen LogP contribution < -0.4 is 5.32 Å². The molecule has 1 aliphatic carbocycles. The molecule has 1 N–H and O–H groups in total. The van der Waals surface area contributed by atoms with Crippen molar-refractivity contribution in [3.63, 3.8) is 0 Å². The van der Waals surface area contributed by atoms with Gasteiger partial charge in [-0.1, -0.05) is 37.5 Å². The molecule has 2 nitrogen and oxygen atoms in total. The number of aromatic nitrogens is 1. The summed E-state index contributed by atoms with van der Waals surface area (Å²) >= 11 is 1.60. The van der Waals surface area contributed by atoms with Gasteiger partial charge < -0.3 is 5.32 Å². The Morgan fingerprint density at radius 2 is 2.11 bits per heavy atom. The van der Waals surface area contributed by atoms with E-state index in [1.54, 1.807) is 17.4 Å². The van der Waals surface area contributed by atoms with Crippen LogP contribution in [-0.2, 0) is 0 Å². The monoisotopic (exact) mass is 278 g/mol. The van der Waals surface area contributed by atoms with Gasteiger partial charge in [0.05, 0.1) is 10.2 Å². The Hall–Kier alpha value is -1.16. The second-order valence-electron chi connectivity index (χ2n) is 5.86. The molecular weight excluding hydrogens is 259 g/mol. The van der Waals surface area contributed by atoms with E-state index >= 15 is 0 Å². The van der Waals surface area contributed by atoms with Crippen LogP contribution in [0.4, 0.5) is 9.52 Å². The van der Waals surface area contributed by atoms with E-state index in [1.807, 2.05) is 0 Å². The SMILES string of the molecule is CC1(CNc2nc3cc(F)ccc3s2)CCCCC1. The van der Waals surface area contributed by atoms with Crippen molar-refractivity contribution in [3.8, 4) is 0 Å². The van der Waals surface area contributed by atoms with Gasteiger partial charge in [-0.2, -0.15) is 0 Å². The highest BCUT2D eigenvalue weighted by Gasteiger charge is 2.26. The predicted molar refractivity (Wildman–Crippen MR) is 79.3 cm³/mol. The summed E-state index contributed by atoms with van der Waals surface area (Å²) in [5, 5.41) is 4.36. The number of nitrogens with one attached hydrogen (secondary N) is 1. The summed E-state index contributed by atoms with van der Waals surface area (Å²) in [6.07, 6.45) is 6.63. The van der Waals surface area contributed by atoms with E-state index in [1.165, 1.54) is 44.2 Å². The van der Waals surface area contributed by atoms with Gasteiger partial charge in [-0.3, -0.25) is 0 Å². The highest BCUT2D eigenvalue weighted by molar-refractivity contribution is 7.22. The molecule has 102 valence electrons. The van der Waals surface area contributed by atoms with Crippen LogP contribution >= 0.6 is 11.3 Å². The Morgan fingerprint density at radius 3 is 2.89 bits per heavy atom. The van der Waals surface area contributed by atoms with Crippen LogP contribution in [0.2, 0.25) is 0 Å². The second-order valence-corrected chi connectivity index (χ2v) is 6.89. The minimum atomic E-state index is -0.219. The van der Waals surface area contributed by atoms with Crippen molar-refractivity contribution in [2.45, 2.75) is 39.0 Å². The van der Waals surface area contributed by atoms with E-state index in [4.69, 9.17) is 0 Å². The molecule has 3 rings (SSSR count). The number of benzene rings is 1. The van der Waals surface area contributed by atoms with E-state index < -0.39 is 0 Å². The van der Waals surface area contributed by atoms with Gasteiger partial charge in [0.25, 0.3) is 0 Å². The standard InChI is InChI=1S/C15H19FN2S/c1-15(7-3-2-4-8-15)10-17-14-18-12-9-11(16)5-6-13(12)19-14/h5-6,9H,2-4,7-8,10H2,1H3,(H,17,18). The highest BCUT2D eigenvalue weighted by atomic mass is 32.1. The molecule has 4 heteroatoms. The third kappa shape index (κ3) is 2.89. The van der Waals surface area contributed by atoms with Gasteiger partial charge in [0, 0.05) is 12.6 Å². The molecule has 1 aromatic heterocycles. The molecule has 1 aromatic carbocycles. The van der Waals surface area contributed by atoms with Crippen LogP contribution in [0.3, 0.4) is 0 Å². The molecule has 1 heterocycles. The summed E-state index contributed by atoms with van der Waals surface area (Å²) in [6.45, 7) is 3.32. The molecule has 0 amide bonds. The van der Waals surface area contributed by atoms with E-state index in [0.29, 0.717) is 5.41 Å². The fourth-order valence-electron chi connectivity index (χ4n) is 2.85. The fraction of sp³-hybridized carbons (Fsp3) is 0.533. The van der Waals surface area contributed by atoms with E-state index in [2.05, 4.69) is 17.2 Å². The van der Waals surface area contributed by atoms with Gasteiger partial charge in [-0.05, 0) is 30.4 Å². The van der Waals surface area contributed by atoms with E-state index in [9.17, 15) is 4.39 Å². The van der Waals surface area contributed by atoms with Crippen LogP contribution in [0.5, 0.6) is 0 Å². The molecule has 1 fully saturated rings. The Balaban J connectivity index is 1.71. The summed E-state index contributed by atoms with van der Waals surface area (Å²) in [6, 6.07) is 4.79. The number of hydrogen-bond acceptors (Lipinski definition) is 3. The second kappa shape index (κ2) is 5.08. The number of nitrogens with zero attached hydrogens (tertiary/aromatic N) is 1. The lowest BCUT2D eigenvalue weighted by molar-refractivity contribution is 0.233. The van der Waals surface area contributed by atoms with Crippen molar-refractivity contribution in [2.75, 3.05) is 11.9 Å². The highest BCUT2D eigenvalue weighted by Crippen LogP contribution is 2.36. The first kappa shape index (κ1) is 12.9. The minimum absolute atomic E-state index is 0.219. The topological polar surface area (TPSA) is 24.9 Å². The maximum Gasteiger partial charge on any atom is 0.183 e. The Bertz CT molecular complexity index is 573. The molecule has 2 aromatic rings. The van der Waals surface area contributed by atoms with Crippen molar-refractivity contribution >= 4 is 26.7 Å². The number of rotatable bonds is 3. The average molecular weight is 278 g/mol. The van der Waals surface area contributed by atoms with Gasteiger partial charge in [-0.25, -0.2) is 9.37 Å². The first-order valence-electron chi connectivity index (χ1n) is 6.95. The first-order valence-corrected chi connectivity index (χ1v) is 7.76. The predicted octanol–water partition coefficient (Wildman–Crippen LogP) is 4.82. The zero-order chi connectivity index (χ0) is 13.3. The maximum absolute atomic E-state index is 13.1. The van der Waals surface area contributed by atoms with Gasteiger partial charge in [0.2, 0.25) is 0 Å². The number of anilines is 1. The molecule has 0 atom stereocenters. The number of hydrogen-bond donors (Lipinski definition) is 1. The van der Waals surface area contributed by atoms with Crippen LogP contribution in [0.25, 0.3) is 10.2 Å². The first-order chi connectivity index (χ1) is 9.15. The Morgan fingerprint density at radius 1 is 1.32 bits per heavy atom. The van der Waals surface area contributed by atoms with Crippen LogP contribution in [0.1, 0.15) is 39.0 Å².